The standard InChI is InChI=1S/C8H16Cl2NO5P/c9-15-17(14,16-10)6-4-2-1-3-5-7(11)8(12)13/h7H,1-6,11H2,(H,12,13). The number of aliphatic carboxylic acids is 1. The number of unbranched alkanes of at least 4 members (excludes halogenated alkanes) is 3. The molecular weight excluding hydrogens is 292 g/mol. The molecular formula is C8H16Cl2NO5P. The van der Waals surface area contributed by atoms with Crippen LogP contribution in [-0.2, 0) is 17.5 Å². The molecule has 9 heteroatoms. The van der Waals surface area contributed by atoms with Crippen LogP contribution in [0.15, 0.2) is 0 Å². The SMILES string of the molecule is NC(CCCCCCP(=O)(OCl)OCl)C(=O)O. The van der Waals surface area contributed by atoms with E-state index in [-0.39, 0.29) is 6.16 Å². The van der Waals surface area contributed by atoms with Crippen molar-refractivity contribution in [3.8, 4) is 0 Å². The summed E-state index contributed by atoms with van der Waals surface area (Å²) in [5, 5.41) is 8.53. The number of carboxylic acid groups (broad SMARTS) is 1. The van der Waals surface area contributed by atoms with Gasteiger partial charge in [0.1, 0.15) is 6.04 Å². The van der Waals surface area contributed by atoms with Crippen molar-refractivity contribution in [2.75, 3.05) is 6.16 Å². The highest BCUT2D eigenvalue weighted by atomic mass is 35.5. The second-order valence-electron chi connectivity index (χ2n) is 3.62. The van der Waals surface area contributed by atoms with Gasteiger partial charge >= 0.3 is 13.6 Å². The Morgan fingerprint density at radius 1 is 1.24 bits per heavy atom. The molecule has 0 bridgehead atoms. The van der Waals surface area contributed by atoms with Crippen LogP contribution in [0, 0.1) is 0 Å². The van der Waals surface area contributed by atoms with Crippen LogP contribution in [0.4, 0.5) is 0 Å². The van der Waals surface area contributed by atoms with Gasteiger partial charge in [-0.25, -0.2) is 0 Å². The van der Waals surface area contributed by atoms with Crippen molar-refractivity contribution in [2.45, 2.75) is 38.1 Å². The smallest absolute Gasteiger partial charge is 0.363 e. The molecule has 1 atom stereocenters. The first-order chi connectivity index (χ1) is 7.95. The van der Waals surface area contributed by atoms with Gasteiger partial charge in [0.25, 0.3) is 0 Å². The molecule has 0 aliphatic heterocycles. The van der Waals surface area contributed by atoms with Gasteiger partial charge in [0.15, 0.2) is 0 Å². The monoisotopic (exact) mass is 307 g/mol. The summed E-state index contributed by atoms with van der Waals surface area (Å²) in [6, 6.07) is -0.821. The molecule has 0 aromatic carbocycles. The minimum absolute atomic E-state index is 0.130. The van der Waals surface area contributed by atoms with Crippen LogP contribution < -0.4 is 5.73 Å². The Labute approximate surface area is 110 Å². The molecule has 0 fully saturated rings. The summed E-state index contributed by atoms with van der Waals surface area (Å²) in [6.07, 6.45) is 3.35. The Hall–Kier alpha value is 0.160. The highest BCUT2D eigenvalue weighted by Crippen LogP contribution is 2.51. The molecule has 0 aliphatic carbocycles. The van der Waals surface area contributed by atoms with E-state index in [9.17, 15) is 9.36 Å². The largest absolute Gasteiger partial charge is 0.480 e. The Morgan fingerprint density at radius 2 is 1.76 bits per heavy atom. The van der Waals surface area contributed by atoms with E-state index in [2.05, 4.69) is 8.15 Å². The lowest BCUT2D eigenvalue weighted by molar-refractivity contribution is -0.138. The zero-order chi connectivity index (χ0) is 13.3. The van der Waals surface area contributed by atoms with Crippen molar-refractivity contribution in [1.29, 1.82) is 0 Å². The van der Waals surface area contributed by atoms with E-state index in [1.54, 1.807) is 0 Å². The van der Waals surface area contributed by atoms with E-state index < -0.39 is 19.6 Å². The summed E-state index contributed by atoms with van der Waals surface area (Å²) in [6.45, 7) is 0. The van der Waals surface area contributed by atoms with E-state index in [0.717, 1.165) is 12.8 Å². The second kappa shape index (κ2) is 9.14. The predicted octanol–water partition coefficient (Wildman–Crippen LogP) is 2.88. The molecule has 0 aliphatic rings. The fourth-order valence-corrected chi connectivity index (χ4v) is 2.67. The average Bonchev–Trinajstić information content (AvgIpc) is 2.32. The van der Waals surface area contributed by atoms with Gasteiger partial charge < -0.3 is 10.8 Å². The summed E-state index contributed by atoms with van der Waals surface area (Å²) in [7, 11) is -3.35. The van der Waals surface area contributed by atoms with Crippen molar-refractivity contribution in [3.63, 3.8) is 0 Å². The minimum Gasteiger partial charge on any atom is -0.480 e. The van der Waals surface area contributed by atoms with Crippen LogP contribution >= 0.6 is 31.3 Å². The summed E-state index contributed by atoms with van der Waals surface area (Å²) in [4.78, 5) is 10.4. The van der Waals surface area contributed by atoms with E-state index in [0.29, 0.717) is 19.3 Å². The first kappa shape index (κ1) is 17.2. The van der Waals surface area contributed by atoms with E-state index >= 15 is 0 Å². The summed E-state index contributed by atoms with van der Waals surface area (Å²) in [5.41, 5.74) is 5.32. The van der Waals surface area contributed by atoms with E-state index in [1.807, 2.05) is 0 Å². The van der Waals surface area contributed by atoms with Crippen molar-refractivity contribution in [1.82, 2.24) is 0 Å². The lowest BCUT2D eigenvalue weighted by Gasteiger charge is -2.09. The van der Waals surface area contributed by atoms with E-state index in [1.165, 1.54) is 0 Å². The highest BCUT2D eigenvalue weighted by Gasteiger charge is 2.23. The average molecular weight is 308 g/mol. The van der Waals surface area contributed by atoms with Crippen molar-refractivity contribution in [2.24, 2.45) is 5.73 Å². The third-order valence-electron chi connectivity index (χ3n) is 2.22. The quantitative estimate of drug-likeness (QED) is 0.475. The van der Waals surface area contributed by atoms with Crippen LogP contribution in [0.25, 0.3) is 0 Å². The molecule has 0 rings (SSSR count). The van der Waals surface area contributed by atoms with Crippen molar-refractivity contribution in [3.05, 3.63) is 0 Å². The molecule has 102 valence electrons. The van der Waals surface area contributed by atoms with Crippen molar-refractivity contribution < 1.29 is 22.6 Å². The lowest BCUT2D eigenvalue weighted by atomic mass is 10.1. The van der Waals surface area contributed by atoms with Crippen LogP contribution in [0.3, 0.4) is 0 Å². The molecule has 3 N–H and O–H groups in total. The number of carboxylic acids is 1. The van der Waals surface area contributed by atoms with Crippen LogP contribution in [0.5, 0.6) is 0 Å². The van der Waals surface area contributed by atoms with Gasteiger partial charge in [-0.15, -0.1) is 0 Å². The number of carbonyl (C=O) groups is 1. The molecule has 6 nitrogen and oxygen atoms in total. The van der Waals surface area contributed by atoms with Gasteiger partial charge in [0, 0.05) is 0 Å². The fraction of sp³-hybridized carbons (Fsp3) is 0.875. The number of hydrogen-bond donors (Lipinski definition) is 2. The van der Waals surface area contributed by atoms with Gasteiger partial charge in [-0.2, -0.15) is 8.15 Å². The van der Waals surface area contributed by atoms with E-state index in [4.69, 9.17) is 34.6 Å². The van der Waals surface area contributed by atoms with Gasteiger partial charge in [-0.3, -0.25) is 9.36 Å². The maximum absolute atomic E-state index is 11.4. The maximum Gasteiger partial charge on any atom is 0.363 e. The number of nitrogens with two attached hydrogens (primary N) is 1. The Kier molecular flexibility index (Phi) is 9.22. The predicted molar refractivity (Wildman–Crippen MR) is 65.0 cm³/mol. The van der Waals surface area contributed by atoms with Gasteiger partial charge in [-0.1, -0.05) is 19.3 Å². The third kappa shape index (κ3) is 7.97. The normalized spacial score (nSPS) is 13.6. The third-order valence-corrected chi connectivity index (χ3v) is 4.77. The molecule has 0 saturated carbocycles. The van der Waals surface area contributed by atoms with Gasteiger partial charge in [0.05, 0.1) is 29.9 Å². The molecule has 0 radical (unpaired) electrons. The molecule has 1 unspecified atom stereocenters. The van der Waals surface area contributed by atoms with Gasteiger partial charge in [-0.05, 0) is 12.8 Å². The molecule has 0 heterocycles. The zero-order valence-corrected chi connectivity index (χ0v) is 11.6. The lowest BCUT2D eigenvalue weighted by Crippen LogP contribution is -2.29. The van der Waals surface area contributed by atoms with Crippen LogP contribution in [-0.4, -0.2) is 23.3 Å². The Morgan fingerprint density at radius 3 is 2.24 bits per heavy atom. The Bertz CT molecular complexity index is 271. The molecule has 0 saturated heterocycles. The number of hydrogen-bond acceptors (Lipinski definition) is 5. The molecule has 0 aromatic rings. The minimum atomic E-state index is -3.35. The van der Waals surface area contributed by atoms with Crippen molar-refractivity contribution >= 4 is 37.3 Å². The Balaban J connectivity index is 3.53. The first-order valence-electron chi connectivity index (χ1n) is 5.13. The molecule has 17 heavy (non-hydrogen) atoms. The topological polar surface area (TPSA) is 98.9 Å². The summed E-state index contributed by atoms with van der Waals surface area (Å²) >= 11 is 9.94. The van der Waals surface area contributed by atoms with Crippen LogP contribution in [0.2, 0.25) is 0 Å². The van der Waals surface area contributed by atoms with Crippen LogP contribution in [0.1, 0.15) is 32.1 Å². The summed E-state index contributed by atoms with van der Waals surface area (Å²) in [5.74, 6) is -0.999. The van der Waals surface area contributed by atoms with Gasteiger partial charge in [0.2, 0.25) is 0 Å². The maximum atomic E-state index is 11.4. The number of rotatable bonds is 10. The summed E-state index contributed by atoms with van der Waals surface area (Å²) < 4.78 is 19.7. The fourth-order valence-electron chi connectivity index (χ4n) is 1.23. The number of halogens is 2. The molecule has 0 aromatic heterocycles. The molecule has 0 amide bonds. The highest BCUT2D eigenvalue weighted by molar-refractivity contribution is 7.55. The first-order valence-corrected chi connectivity index (χ1v) is 7.48. The zero-order valence-electron chi connectivity index (χ0n) is 9.18. The second-order valence-corrected chi connectivity index (χ2v) is 6.39. The molecule has 0 spiro atoms.